The Balaban J connectivity index is 1.39. The van der Waals surface area contributed by atoms with Crippen molar-refractivity contribution in [2.24, 2.45) is 5.10 Å². The van der Waals surface area contributed by atoms with Crippen molar-refractivity contribution in [2.45, 2.75) is 13.2 Å². The van der Waals surface area contributed by atoms with E-state index in [1.807, 2.05) is 49.4 Å². The van der Waals surface area contributed by atoms with Gasteiger partial charge < -0.3 is 14.2 Å². The molecule has 1 N–H and O–H groups in total. The molecule has 5 aromatic carbocycles. The van der Waals surface area contributed by atoms with Crippen LogP contribution in [-0.2, 0) is 4.79 Å². The molecule has 0 bridgehead atoms. The normalized spacial score (nSPS) is 11.0. The number of fused-ring (bicyclic) bond motifs is 1. The van der Waals surface area contributed by atoms with Gasteiger partial charge in [0.25, 0.3) is 0 Å². The highest BCUT2D eigenvalue weighted by Crippen LogP contribution is 2.28. The molecule has 5 rings (SSSR count). The molecule has 210 valence electrons. The number of nitrogens with zero attached hydrogens (tertiary/aromatic N) is 1. The van der Waals surface area contributed by atoms with Gasteiger partial charge in [0.1, 0.15) is 17.2 Å². The van der Waals surface area contributed by atoms with Crippen LogP contribution in [0.1, 0.15) is 21.5 Å². The zero-order valence-electron chi connectivity index (χ0n) is 22.3. The van der Waals surface area contributed by atoms with Gasteiger partial charge in [-0.05, 0) is 84.4 Å². The van der Waals surface area contributed by atoms with E-state index in [2.05, 4.69) is 10.5 Å². The average Bonchev–Trinajstić information content (AvgIpc) is 3.00. The number of hydrogen-bond donors (Lipinski definition) is 1. The van der Waals surface area contributed by atoms with Crippen molar-refractivity contribution >= 4 is 52.1 Å². The lowest BCUT2D eigenvalue weighted by molar-refractivity contribution is -0.140. The Morgan fingerprint density at radius 1 is 0.762 bits per heavy atom. The minimum atomic E-state index is -1.41. The second kappa shape index (κ2) is 13.2. The minimum Gasteiger partial charge on any atom is -0.446 e. The van der Waals surface area contributed by atoms with E-state index in [4.69, 9.17) is 37.4 Å². The SMILES string of the molecule is Cc1ccc(C(=O)Oc2ccc3ccccc3c2/C=N/NC(=O)C(Oc2ccc(Cl)cc2)Oc2ccc(Cl)cc2)cc1. The summed E-state index contributed by atoms with van der Waals surface area (Å²) < 4.78 is 17.4. The summed E-state index contributed by atoms with van der Waals surface area (Å²) in [5.41, 5.74) is 4.40. The lowest BCUT2D eigenvalue weighted by Crippen LogP contribution is -2.40. The molecule has 9 heteroatoms. The molecule has 0 aromatic heterocycles. The summed E-state index contributed by atoms with van der Waals surface area (Å²) in [5.74, 6) is -0.205. The first kappa shape index (κ1) is 28.7. The number of rotatable bonds is 9. The van der Waals surface area contributed by atoms with Gasteiger partial charge in [0.15, 0.2) is 0 Å². The van der Waals surface area contributed by atoms with E-state index < -0.39 is 18.2 Å². The van der Waals surface area contributed by atoms with Gasteiger partial charge in [-0.2, -0.15) is 5.10 Å². The fourth-order valence-electron chi connectivity index (χ4n) is 3.96. The Kier molecular flexibility index (Phi) is 9.02. The van der Waals surface area contributed by atoms with Crippen LogP contribution in [0.5, 0.6) is 17.2 Å². The molecule has 0 unspecified atom stereocenters. The van der Waals surface area contributed by atoms with E-state index >= 15 is 0 Å². The molecule has 7 nitrogen and oxygen atoms in total. The average molecular weight is 599 g/mol. The maximum atomic E-state index is 13.2. The summed E-state index contributed by atoms with van der Waals surface area (Å²) >= 11 is 12.0. The first-order valence-electron chi connectivity index (χ1n) is 12.8. The second-order valence-electron chi connectivity index (χ2n) is 9.16. The summed E-state index contributed by atoms with van der Waals surface area (Å²) in [4.78, 5) is 26.1. The van der Waals surface area contributed by atoms with Crippen molar-refractivity contribution in [3.8, 4) is 17.2 Å². The van der Waals surface area contributed by atoms with E-state index in [0.29, 0.717) is 32.7 Å². The molecular weight excluding hydrogens is 575 g/mol. The number of nitrogens with one attached hydrogen (secondary N) is 1. The number of esters is 1. The van der Waals surface area contributed by atoms with E-state index in [1.54, 1.807) is 66.7 Å². The van der Waals surface area contributed by atoms with Crippen LogP contribution in [-0.4, -0.2) is 24.4 Å². The summed E-state index contributed by atoms with van der Waals surface area (Å²) in [6.45, 7) is 1.94. The molecule has 0 spiro atoms. The largest absolute Gasteiger partial charge is 0.446 e. The third-order valence-corrected chi connectivity index (χ3v) is 6.62. The molecule has 42 heavy (non-hydrogen) atoms. The maximum Gasteiger partial charge on any atom is 0.343 e. The van der Waals surface area contributed by atoms with Gasteiger partial charge in [0.05, 0.1) is 11.8 Å². The lowest BCUT2D eigenvalue weighted by atomic mass is 10.0. The number of carbonyl (C=O) groups is 2. The predicted molar refractivity (Wildman–Crippen MR) is 164 cm³/mol. The fraction of sp³-hybridized carbons (Fsp3) is 0.0606. The number of amides is 1. The van der Waals surface area contributed by atoms with Gasteiger partial charge >= 0.3 is 18.2 Å². The van der Waals surface area contributed by atoms with Crippen LogP contribution in [0.25, 0.3) is 10.8 Å². The van der Waals surface area contributed by atoms with Crippen molar-refractivity contribution < 1.29 is 23.8 Å². The molecule has 0 aliphatic heterocycles. The highest BCUT2D eigenvalue weighted by Gasteiger charge is 2.23. The molecular formula is C33H24Cl2N2O5. The number of ether oxygens (including phenoxy) is 3. The summed E-state index contributed by atoms with van der Waals surface area (Å²) in [5, 5.41) is 6.86. The highest BCUT2D eigenvalue weighted by molar-refractivity contribution is 6.30. The number of hydrazone groups is 1. The van der Waals surface area contributed by atoms with Crippen LogP contribution in [0.15, 0.2) is 114 Å². The highest BCUT2D eigenvalue weighted by atomic mass is 35.5. The Morgan fingerprint density at radius 2 is 1.36 bits per heavy atom. The first-order valence-corrected chi connectivity index (χ1v) is 13.6. The number of carbonyl (C=O) groups excluding carboxylic acids is 2. The van der Waals surface area contributed by atoms with E-state index in [0.717, 1.165) is 16.3 Å². The van der Waals surface area contributed by atoms with Gasteiger partial charge in [-0.15, -0.1) is 0 Å². The van der Waals surface area contributed by atoms with Gasteiger partial charge in [-0.3, -0.25) is 4.79 Å². The zero-order chi connectivity index (χ0) is 29.5. The predicted octanol–water partition coefficient (Wildman–Crippen LogP) is 7.61. The molecule has 0 saturated heterocycles. The number of hydrogen-bond acceptors (Lipinski definition) is 6. The van der Waals surface area contributed by atoms with E-state index in [-0.39, 0.29) is 5.75 Å². The second-order valence-corrected chi connectivity index (χ2v) is 10.0. The molecule has 0 fully saturated rings. The maximum absolute atomic E-state index is 13.2. The smallest absolute Gasteiger partial charge is 0.343 e. The summed E-state index contributed by atoms with van der Waals surface area (Å²) in [7, 11) is 0. The molecule has 0 heterocycles. The molecule has 5 aromatic rings. The number of benzene rings is 5. The van der Waals surface area contributed by atoms with E-state index in [9.17, 15) is 9.59 Å². The lowest BCUT2D eigenvalue weighted by Gasteiger charge is -2.19. The Labute approximate surface area is 252 Å². The summed E-state index contributed by atoms with van der Waals surface area (Å²) in [6.07, 6.45) is 0.00968. The van der Waals surface area contributed by atoms with Gasteiger partial charge in [0.2, 0.25) is 0 Å². The quantitative estimate of drug-likeness (QED) is 0.0620. The third-order valence-electron chi connectivity index (χ3n) is 6.12. The monoisotopic (exact) mass is 598 g/mol. The Hall–Kier alpha value is -4.85. The van der Waals surface area contributed by atoms with Crippen molar-refractivity contribution in [1.82, 2.24) is 5.43 Å². The minimum absolute atomic E-state index is 0.281. The van der Waals surface area contributed by atoms with Crippen molar-refractivity contribution in [1.29, 1.82) is 0 Å². The number of aryl methyl sites for hydroxylation is 1. The zero-order valence-corrected chi connectivity index (χ0v) is 23.8. The third kappa shape index (κ3) is 7.26. The summed E-state index contributed by atoms with van der Waals surface area (Å²) in [6, 6.07) is 31.1. The van der Waals surface area contributed by atoms with Crippen LogP contribution in [0.4, 0.5) is 0 Å². The fourth-order valence-corrected chi connectivity index (χ4v) is 4.22. The Morgan fingerprint density at radius 3 is 1.98 bits per heavy atom. The van der Waals surface area contributed by atoms with Crippen molar-refractivity contribution in [2.75, 3.05) is 0 Å². The first-order chi connectivity index (χ1) is 20.4. The van der Waals surface area contributed by atoms with Gasteiger partial charge in [0, 0.05) is 15.6 Å². The molecule has 0 saturated carbocycles. The molecule has 0 aliphatic carbocycles. The number of halogens is 2. The Bertz CT molecular complexity index is 1690. The topological polar surface area (TPSA) is 86.2 Å². The van der Waals surface area contributed by atoms with Crippen molar-refractivity contribution in [3.63, 3.8) is 0 Å². The standard InChI is InChI=1S/C33H24Cl2N2O5/c1-21-6-8-23(9-7-21)32(39)42-30-19-10-22-4-2-3-5-28(22)29(30)20-36-37-31(38)33(40-26-15-11-24(34)12-16-26)41-27-17-13-25(35)14-18-27/h2-20,33H,1H3,(H,37,38)/b36-20+. The van der Waals surface area contributed by atoms with Gasteiger partial charge in [-0.25, -0.2) is 10.2 Å². The van der Waals surface area contributed by atoms with Gasteiger partial charge in [-0.1, -0.05) is 71.2 Å². The van der Waals surface area contributed by atoms with E-state index in [1.165, 1.54) is 6.21 Å². The molecule has 0 atom stereocenters. The molecule has 1 amide bonds. The van der Waals surface area contributed by atoms with Crippen LogP contribution < -0.4 is 19.6 Å². The van der Waals surface area contributed by atoms with Crippen LogP contribution >= 0.6 is 23.2 Å². The van der Waals surface area contributed by atoms with Crippen LogP contribution in [0.3, 0.4) is 0 Å². The molecule has 0 radical (unpaired) electrons. The molecule has 0 aliphatic rings. The van der Waals surface area contributed by atoms with Crippen LogP contribution in [0, 0.1) is 6.92 Å². The van der Waals surface area contributed by atoms with Crippen LogP contribution in [0.2, 0.25) is 10.0 Å². The van der Waals surface area contributed by atoms with Crippen molar-refractivity contribution in [3.05, 3.63) is 136 Å².